The van der Waals surface area contributed by atoms with Crippen molar-refractivity contribution in [1.82, 2.24) is 10.0 Å². The Labute approximate surface area is 129 Å². The lowest BCUT2D eigenvalue weighted by atomic mass is 10.1. The fraction of sp³-hybridized carbons (Fsp3) is 0.692. The van der Waals surface area contributed by atoms with Gasteiger partial charge in [0.2, 0.25) is 10.0 Å². The minimum Gasteiger partial charge on any atom is -0.452 e. The van der Waals surface area contributed by atoms with Crippen molar-refractivity contribution in [1.29, 1.82) is 0 Å². The molecule has 0 aliphatic rings. The molecule has 0 spiro atoms. The van der Waals surface area contributed by atoms with Crippen molar-refractivity contribution in [3.8, 4) is 0 Å². The summed E-state index contributed by atoms with van der Waals surface area (Å²) in [5.74, 6) is 0.823. The standard InChI is InChI=1S/C13H23BrN2O3S/c1-5-6-15-8-11-7-12(13(14)19-11)20(17,18)16-10(4)9(2)3/h7,9-10,15-16H,5-6,8H2,1-4H3. The molecule has 1 aromatic heterocycles. The first-order chi connectivity index (χ1) is 9.27. The minimum atomic E-state index is -3.56. The predicted octanol–water partition coefficient (Wildman–Crippen LogP) is 2.86. The summed E-state index contributed by atoms with van der Waals surface area (Å²) >= 11 is 3.18. The first kappa shape index (κ1) is 17.7. The summed E-state index contributed by atoms with van der Waals surface area (Å²) in [5.41, 5.74) is 0. The summed E-state index contributed by atoms with van der Waals surface area (Å²) in [6.45, 7) is 9.23. The number of furan rings is 1. The number of sulfonamides is 1. The van der Waals surface area contributed by atoms with E-state index in [1.807, 2.05) is 20.8 Å². The molecule has 7 heteroatoms. The van der Waals surface area contributed by atoms with E-state index in [2.05, 4.69) is 32.9 Å². The van der Waals surface area contributed by atoms with Gasteiger partial charge in [-0.2, -0.15) is 0 Å². The van der Waals surface area contributed by atoms with E-state index >= 15 is 0 Å². The predicted molar refractivity (Wildman–Crippen MR) is 83.0 cm³/mol. The van der Waals surface area contributed by atoms with Crippen LogP contribution in [0.3, 0.4) is 0 Å². The molecule has 1 rings (SSSR count). The molecular weight excluding hydrogens is 344 g/mol. The Bertz CT molecular complexity index is 526. The van der Waals surface area contributed by atoms with Gasteiger partial charge in [0.05, 0.1) is 6.54 Å². The van der Waals surface area contributed by atoms with Crippen LogP contribution in [0.25, 0.3) is 0 Å². The Morgan fingerprint density at radius 3 is 2.55 bits per heavy atom. The maximum atomic E-state index is 12.3. The molecule has 0 fully saturated rings. The highest BCUT2D eigenvalue weighted by Crippen LogP contribution is 2.26. The van der Waals surface area contributed by atoms with E-state index in [4.69, 9.17) is 4.42 Å². The van der Waals surface area contributed by atoms with Crippen LogP contribution in [-0.2, 0) is 16.6 Å². The molecule has 0 aliphatic carbocycles. The molecule has 20 heavy (non-hydrogen) atoms. The van der Waals surface area contributed by atoms with Crippen LogP contribution >= 0.6 is 15.9 Å². The van der Waals surface area contributed by atoms with Crippen molar-refractivity contribution in [3.63, 3.8) is 0 Å². The zero-order valence-corrected chi connectivity index (χ0v) is 14.8. The summed E-state index contributed by atoms with van der Waals surface area (Å²) < 4.78 is 32.9. The monoisotopic (exact) mass is 366 g/mol. The molecule has 1 unspecified atom stereocenters. The van der Waals surface area contributed by atoms with E-state index in [-0.39, 0.29) is 21.5 Å². The summed E-state index contributed by atoms with van der Waals surface area (Å²) in [4.78, 5) is 0.151. The van der Waals surface area contributed by atoms with Crippen molar-refractivity contribution >= 4 is 26.0 Å². The Morgan fingerprint density at radius 2 is 2.00 bits per heavy atom. The quantitative estimate of drug-likeness (QED) is 0.693. The number of hydrogen-bond acceptors (Lipinski definition) is 4. The number of nitrogens with one attached hydrogen (secondary N) is 2. The topological polar surface area (TPSA) is 71.3 Å². The van der Waals surface area contributed by atoms with Gasteiger partial charge in [-0.25, -0.2) is 13.1 Å². The molecule has 0 saturated carbocycles. The third-order valence-corrected chi connectivity index (χ3v) is 5.48. The molecule has 0 aromatic carbocycles. The van der Waals surface area contributed by atoms with Crippen LogP contribution in [0.5, 0.6) is 0 Å². The highest BCUT2D eigenvalue weighted by molar-refractivity contribution is 9.10. The van der Waals surface area contributed by atoms with Gasteiger partial charge in [-0.3, -0.25) is 0 Å². The Kier molecular flexibility index (Phi) is 6.71. The lowest BCUT2D eigenvalue weighted by Crippen LogP contribution is -2.36. The van der Waals surface area contributed by atoms with Crippen LogP contribution in [0.4, 0.5) is 0 Å². The van der Waals surface area contributed by atoms with E-state index in [1.54, 1.807) is 6.07 Å². The van der Waals surface area contributed by atoms with Gasteiger partial charge in [0.1, 0.15) is 10.7 Å². The van der Waals surface area contributed by atoms with E-state index in [1.165, 1.54) is 0 Å². The van der Waals surface area contributed by atoms with Crippen LogP contribution < -0.4 is 10.0 Å². The average molecular weight is 367 g/mol. The van der Waals surface area contributed by atoms with Crippen LogP contribution in [-0.4, -0.2) is 21.0 Å². The molecule has 0 saturated heterocycles. The van der Waals surface area contributed by atoms with Crippen molar-refractivity contribution < 1.29 is 12.8 Å². The van der Waals surface area contributed by atoms with Gasteiger partial charge in [0.15, 0.2) is 4.67 Å². The Morgan fingerprint density at radius 1 is 1.35 bits per heavy atom. The minimum absolute atomic E-state index is 0.136. The van der Waals surface area contributed by atoms with Crippen LogP contribution in [0.15, 0.2) is 20.0 Å². The fourth-order valence-corrected chi connectivity index (χ4v) is 3.89. The van der Waals surface area contributed by atoms with E-state index in [0.29, 0.717) is 12.3 Å². The van der Waals surface area contributed by atoms with Crippen LogP contribution in [0.1, 0.15) is 39.9 Å². The molecule has 0 aliphatic heterocycles. The van der Waals surface area contributed by atoms with E-state index in [9.17, 15) is 8.42 Å². The molecule has 1 atom stereocenters. The summed E-state index contributed by atoms with van der Waals surface area (Å²) in [5, 5.41) is 3.17. The second-order valence-corrected chi connectivity index (χ2v) is 7.58. The zero-order chi connectivity index (χ0) is 15.3. The maximum Gasteiger partial charge on any atom is 0.245 e. The number of halogens is 1. The first-order valence-corrected chi connectivity index (χ1v) is 9.06. The highest BCUT2D eigenvalue weighted by atomic mass is 79.9. The van der Waals surface area contributed by atoms with Gasteiger partial charge in [0.25, 0.3) is 0 Å². The molecule has 1 heterocycles. The van der Waals surface area contributed by atoms with Gasteiger partial charge >= 0.3 is 0 Å². The molecule has 1 aromatic rings. The van der Waals surface area contributed by atoms with Crippen molar-refractivity contribution in [3.05, 3.63) is 16.5 Å². The van der Waals surface area contributed by atoms with Crippen LogP contribution in [0.2, 0.25) is 0 Å². The average Bonchev–Trinajstić information content (AvgIpc) is 2.71. The molecule has 116 valence electrons. The summed E-state index contributed by atoms with van der Waals surface area (Å²) in [6.07, 6.45) is 1.01. The van der Waals surface area contributed by atoms with Gasteiger partial charge < -0.3 is 9.73 Å². The van der Waals surface area contributed by atoms with Gasteiger partial charge in [0, 0.05) is 12.1 Å². The summed E-state index contributed by atoms with van der Waals surface area (Å²) in [6, 6.07) is 1.42. The van der Waals surface area contributed by atoms with E-state index in [0.717, 1.165) is 13.0 Å². The zero-order valence-electron chi connectivity index (χ0n) is 12.4. The largest absolute Gasteiger partial charge is 0.452 e. The molecule has 0 radical (unpaired) electrons. The molecule has 5 nitrogen and oxygen atoms in total. The highest BCUT2D eigenvalue weighted by Gasteiger charge is 2.25. The van der Waals surface area contributed by atoms with Gasteiger partial charge in [-0.05, 0) is 41.7 Å². The molecule has 2 N–H and O–H groups in total. The maximum absolute atomic E-state index is 12.3. The van der Waals surface area contributed by atoms with Crippen LogP contribution in [0, 0.1) is 5.92 Å². The van der Waals surface area contributed by atoms with Crippen molar-refractivity contribution in [2.45, 2.75) is 51.6 Å². The second-order valence-electron chi connectivity index (χ2n) is 5.18. The Balaban J connectivity index is 2.84. The molecular formula is C13H23BrN2O3S. The normalized spacial score (nSPS) is 13.9. The fourth-order valence-electron chi connectivity index (χ4n) is 1.50. The van der Waals surface area contributed by atoms with Crippen molar-refractivity contribution in [2.24, 2.45) is 5.92 Å². The van der Waals surface area contributed by atoms with Gasteiger partial charge in [-0.1, -0.05) is 20.8 Å². The lowest BCUT2D eigenvalue weighted by molar-refractivity contribution is 0.458. The third kappa shape index (κ3) is 4.87. The van der Waals surface area contributed by atoms with E-state index < -0.39 is 10.0 Å². The van der Waals surface area contributed by atoms with Crippen molar-refractivity contribution in [2.75, 3.05) is 6.54 Å². The molecule has 0 bridgehead atoms. The number of rotatable bonds is 8. The first-order valence-electron chi connectivity index (χ1n) is 6.79. The SMILES string of the molecule is CCCNCc1cc(S(=O)(=O)NC(C)C(C)C)c(Br)o1. The molecule has 0 amide bonds. The lowest BCUT2D eigenvalue weighted by Gasteiger charge is -2.16. The number of hydrogen-bond donors (Lipinski definition) is 2. The second kappa shape index (κ2) is 7.59. The Hall–Kier alpha value is -0.370. The van der Waals surface area contributed by atoms with Gasteiger partial charge in [-0.15, -0.1) is 0 Å². The smallest absolute Gasteiger partial charge is 0.245 e. The third-order valence-electron chi connectivity index (χ3n) is 3.06. The summed E-state index contributed by atoms with van der Waals surface area (Å²) in [7, 11) is -3.56.